The van der Waals surface area contributed by atoms with E-state index in [9.17, 15) is 9.18 Å². The third kappa shape index (κ3) is 3.64. The number of halogens is 1. The SMILES string of the molecule is CNCC1CCN(C(=O)C=Cc2ccccc2F)C1. The highest BCUT2D eigenvalue weighted by Crippen LogP contribution is 2.16. The molecule has 1 heterocycles. The number of nitrogens with zero attached hydrogens (tertiary/aromatic N) is 1. The van der Waals surface area contributed by atoms with E-state index in [1.54, 1.807) is 24.3 Å². The Balaban J connectivity index is 1.93. The second-order valence-corrected chi connectivity index (χ2v) is 4.85. The van der Waals surface area contributed by atoms with Crippen molar-refractivity contribution in [3.05, 3.63) is 41.7 Å². The van der Waals surface area contributed by atoms with Crippen LogP contribution in [0.25, 0.3) is 6.08 Å². The van der Waals surface area contributed by atoms with Crippen LogP contribution in [0.1, 0.15) is 12.0 Å². The van der Waals surface area contributed by atoms with Crippen molar-refractivity contribution in [3.63, 3.8) is 0 Å². The van der Waals surface area contributed by atoms with Crippen molar-refractivity contribution in [2.75, 3.05) is 26.7 Å². The van der Waals surface area contributed by atoms with Crippen molar-refractivity contribution in [1.82, 2.24) is 10.2 Å². The van der Waals surface area contributed by atoms with Gasteiger partial charge in [-0.15, -0.1) is 0 Å². The zero-order chi connectivity index (χ0) is 13.7. The number of likely N-dealkylation sites (tertiary alicyclic amines) is 1. The highest BCUT2D eigenvalue weighted by Gasteiger charge is 2.24. The molecule has 4 heteroatoms. The van der Waals surface area contributed by atoms with Crippen LogP contribution >= 0.6 is 0 Å². The van der Waals surface area contributed by atoms with E-state index in [1.165, 1.54) is 12.1 Å². The fourth-order valence-corrected chi connectivity index (χ4v) is 2.36. The standard InChI is InChI=1S/C15H19FN2O/c1-17-10-12-8-9-18(11-12)15(19)7-6-13-4-2-3-5-14(13)16/h2-7,12,17H,8-11H2,1H3. The van der Waals surface area contributed by atoms with Gasteiger partial charge in [0.15, 0.2) is 0 Å². The molecule has 0 spiro atoms. The minimum absolute atomic E-state index is 0.0399. The largest absolute Gasteiger partial charge is 0.339 e. The van der Waals surface area contributed by atoms with Gasteiger partial charge < -0.3 is 10.2 Å². The van der Waals surface area contributed by atoms with Gasteiger partial charge in [0.25, 0.3) is 0 Å². The van der Waals surface area contributed by atoms with Gasteiger partial charge in [0.1, 0.15) is 5.82 Å². The van der Waals surface area contributed by atoms with Crippen LogP contribution < -0.4 is 5.32 Å². The highest BCUT2D eigenvalue weighted by molar-refractivity contribution is 5.92. The normalized spacial score (nSPS) is 19.3. The maximum Gasteiger partial charge on any atom is 0.246 e. The number of rotatable bonds is 4. The van der Waals surface area contributed by atoms with Gasteiger partial charge in [-0.05, 0) is 38.1 Å². The zero-order valence-corrected chi connectivity index (χ0v) is 11.1. The summed E-state index contributed by atoms with van der Waals surface area (Å²) in [6, 6.07) is 6.44. The summed E-state index contributed by atoms with van der Waals surface area (Å²) >= 11 is 0. The van der Waals surface area contributed by atoms with E-state index in [1.807, 2.05) is 11.9 Å². The van der Waals surface area contributed by atoms with Crippen LogP contribution in [0.3, 0.4) is 0 Å². The van der Waals surface area contributed by atoms with E-state index < -0.39 is 0 Å². The molecule has 1 aromatic rings. The van der Waals surface area contributed by atoms with Crippen molar-refractivity contribution in [2.45, 2.75) is 6.42 Å². The first-order valence-electron chi connectivity index (χ1n) is 6.57. The molecular formula is C15H19FN2O. The van der Waals surface area contributed by atoms with E-state index in [4.69, 9.17) is 0 Å². The molecule has 0 bridgehead atoms. The number of amides is 1. The number of hydrogen-bond donors (Lipinski definition) is 1. The molecule has 1 aliphatic heterocycles. The molecule has 19 heavy (non-hydrogen) atoms. The van der Waals surface area contributed by atoms with Crippen LogP contribution in [-0.2, 0) is 4.79 Å². The molecule has 0 saturated carbocycles. The third-order valence-electron chi connectivity index (χ3n) is 3.40. The Morgan fingerprint density at radius 2 is 2.32 bits per heavy atom. The third-order valence-corrected chi connectivity index (χ3v) is 3.40. The minimum Gasteiger partial charge on any atom is -0.339 e. The van der Waals surface area contributed by atoms with Gasteiger partial charge in [-0.25, -0.2) is 4.39 Å². The molecule has 2 rings (SSSR count). The quantitative estimate of drug-likeness (QED) is 0.841. The van der Waals surface area contributed by atoms with Crippen molar-refractivity contribution in [3.8, 4) is 0 Å². The van der Waals surface area contributed by atoms with Gasteiger partial charge in [0.05, 0.1) is 0 Å². The molecular weight excluding hydrogens is 243 g/mol. The van der Waals surface area contributed by atoms with Gasteiger partial charge >= 0.3 is 0 Å². The molecule has 1 saturated heterocycles. The molecule has 0 radical (unpaired) electrons. The first-order valence-corrected chi connectivity index (χ1v) is 6.57. The lowest BCUT2D eigenvalue weighted by molar-refractivity contribution is -0.125. The first-order chi connectivity index (χ1) is 9.20. The summed E-state index contributed by atoms with van der Waals surface area (Å²) in [5.41, 5.74) is 0.446. The van der Waals surface area contributed by atoms with Crippen molar-refractivity contribution in [2.24, 2.45) is 5.92 Å². The number of carbonyl (C=O) groups is 1. The summed E-state index contributed by atoms with van der Waals surface area (Å²) < 4.78 is 13.4. The van der Waals surface area contributed by atoms with E-state index in [-0.39, 0.29) is 11.7 Å². The topological polar surface area (TPSA) is 32.3 Å². The van der Waals surface area contributed by atoms with Crippen LogP contribution in [0.15, 0.2) is 30.3 Å². The summed E-state index contributed by atoms with van der Waals surface area (Å²) in [4.78, 5) is 13.8. The van der Waals surface area contributed by atoms with Crippen LogP contribution in [0, 0.1) is 11.7 Å². The maximum absolute atomic E-state index is 13.4. The monoisotopic (exact) mass is 262 g/mol. The summed E-state index contributed by atoms with van der Waals surface area (Å²) in [6.45, 7) is 2.49. The number of hydrogen-bond acceptors (Lipinski definition) is 2. The summed E-state index contributed by atoms with van der Waals surface area (Å²) in [6.07, 6.45) is 4.03. The number of benzene rings is 1. The Morgan fingerprint density at radius 3 is 3.05 bits per heavy atom. The van der Waals surface area contributed by atoms with Gasteiger partial charge in [0, 0.05) is 24.7 Å². The number of nitrogens with one attached hydrogen (secondary N) is 1. The molecule has 1 amide bonds. The number of carbonyl (C=O) groups excluding carboxylic acids is 1. The zero-order valence-electron chi connectivity index (χ0n) is 11.1. The lowest BCUT2D eigenvalue weighted by atomic mass is 10.1. The predicted octanol–water partition coefficient (Wildman–Crippen LogP) is 1.91. The average molecular weight is 262 g/mol. The molecule has 0 aliphatic carbocycles. The Hall–Kier alpha value is -1.68. The second kappa shape index (κ2) is 6.48. The van der Waals surface area contributed by atoms with Gasteiger partial charge in [-0.3, -0.25) is 4.79 Å². The van der Waals surface area contributed by atoms with Crippen LogP contribution in [0.2, 0.25) is 0 Å². The second-order valence-electron chi connectivity index (χ2n) is 4.85. The van der Waals surface area contributed by atoms with E-state index in [0.29, 0.717) is 11.5 Å². The molecule has 1 atom stereocenters. The summed E-state index contributed by atoms with van der Waals surface area (Å²) in [7, 11) is 1.92. The van der Waals surface area contributed by atoms with Crippen molar-refractivity contribution < 1.29 is 9.18 Å². The van der Waals surface area contributed by atoms with Gasteiger partial charge in [-0.1, -0.05) is 18.2 Å². The smallest absolute Gasteiger partial charge is 0.246 e. The molecule has 1 aromatic carbocycles. The summed E-state index contributed by atoms with van der Waals surface area (Å²) in [5.74, 6) is 0.179. The summed E-state index contributed by atoms with van der Waals surface area (Å²) in [5, 5.41) is 3.13. The molecule has 3 nitrogen and oxygen atoms in total. The molecule has 1 unspecified atom stereocenters. The fourth-order valence-electron chi connectivity index (χ4n) is 2.36. The Labute approximate surface area is 113 Å². The van der Waals surface area contributed by atoms with E-state index in [0.717, 1.165) is 26.1 Å². The highest BCUT2D eigenvalue weighted by atomic mass is 19.1. The molecule has 1 aliphatic rings. The van der Waals surface area contributed by atoms with Gasteiger partial charge in [-0.2, -0.15) is 0 Å². The minimum atomic E-state index is -0.305. The Bertz CT molecular complexity index is 473. The Morgan fingerprint density at radius 1 is 1.53 bits per heavy atom. The van der Waals surface area contributed by atoms with Crippen molar-refractivity contribution in [1.29, 1.82) is 0 Å². The predicted molar refractivity (Wildman–Crippen MR) is 74.0 cm³/mol. The van der Waals surface area contributed by atoms with Gasteiger partial charge in [0.2, 0.25) is 5.91 Å². The lowest BCUT2D eigenvalue weighted by Crippen LogP contribution is -2.28. The maximum atomic E-state index is 13.4. The van der Waals surface area contributed by atoms with E-state index in [2.05, 4.69) is 5.32 Å². The average Bonchev–Trinajstić information content (AvgIpc) is 2.87. The first kappa shape index (κ1) is 13.7. The van der Waals surface area contributed by atoms with Crippen molar-refractivity contribution >= 4 is 12.0 Å². The van der Waals surface area contributed by atoms with E-state index >= 15 is 0 Å². The van der Waals surface area contributed by atoms with Crippen LogP contribution in [-0.4, -0.2) is 37.5 Å². The van der Waals surface area contributed by atoms with Crippen LogP contribution in [0.4, 0.5) is 4.39 Å². The molecule has 102 valence electrons. The Kier molecular flexibility index (Phi) is 4.68. The molecule has 1 fully saturated rings. The molecule has 0 aromatic heterocycles. The molecule has 1 N–H and O–H groups in total. The fraction of sp³-hybridized carbons (Fsp3) is 0.400. The van der Waals surface area contributed by atoms with Crippen LogP contribution in [0.5, 0.6) is 0 Å². The lowest BCUT2D eigenvalue weighted by Gasteiger charge is -2.14.